The molecule has 0 spiro atoms. The third-order valence-corrected chi connectivity index (χ3v) is 2.53. The second kappa shape index (κ2) is 5.36. The van der Waals surface area contributed by atoms with E-state index in [2.05, 4.69) is 46.0 Å². The Hall–Kier alpha value is -1.95. The van der Waals surface area contributed by atoms with Crippen LogP contribution in [0, 0.1) is 0 Å². The van der Waals surface area contributed by atoms with Crippen LogP contribution in [0.1, 0.15) is 26.5 Å². The molecule has 2 aromatic heterocycles. The highest BCUT2D eigenvalue weighted by Crippen LogP contribution is 2.16. The van der Waals surface area contributed by atoms with E-state index in [1.54, 1.807) is 13.2 Å². The van der Waals surface area contributed by atoms with Gasteiger partial charge < -0.3 is 15.0 Å². The van der Waals surface area contributed by atoms with Crippen LogP contribution in [0.4, 0.5) is 0 Å². The topological polar surface area (TPSA) is 75.7 Å². The van der Waals surface area contributed by atoms with Gasteiger partial charge in [-0.15, -0.1) is 0 Å². The van der Waals surface area contributed by atoms with E-state index < -0.39 is 0 Å². The van der Waals surface area contributed by atoms with Crippen molar-refractivity contribution in [3.63, 3.8) is 0 Å². The number of aromatic amines is 1. The standard InChI is InChI=1S/C13H19N5O/c1-13(2,3)17-7-9-6-14-12(18-9)10-5-11(19-4)16-8-15-10/h5-6,8,17H,7H2,1-4H3,(H,14,18). The predicted molar refractivity (Wildman–Crippen MR) is 72.8 cm³/mol. The molecule has 0 aliphatic heterocycles. The summed E-state index contributed by atoms with van der Waals surface area (Å²) in [7, 11) is 1.58. The molecule has 0 aliphatic rings. The van der Waals surface area contributed by atoms with Gasteiger partial charge in [-0.25, -0.2) is 15.0 Å². The Balaban J connectivity index is 2.12. The van der Waals surface area contributed by atoms with E-state index in [1.165, 1.54) is 6.33 Å². The first-order valence-electron chi connectivity index (χ1n) is 6.13. The SMILES string of the molecule is COc1cc(-c2ncc(CNC(C)(C)C)[nH]2)ncn1. The zero-order valence-electron chi connectivity index (χ0n) is 11.7. The highest BCUT2D eigenvalue weighted by atomic mass is 16.5. The first kappa shape index (κ1) is 13.5. The van der Waals surface area contributed by atoms with Gasteiger partial charge >= 0.3 is 0 Å². The number of imidazole rings is 1. The van der Waals surface area contributed by atoms with Gasteiger partial charge in [0.25, 0.3) is 0 Å². The molecule has 102 valence electrons. The molecule has 0 amide bonds. The van der Waals surface area contributed by atoms with Crippen LogP contribution in [0.3, 0.4) is 0 Å². The van der Waals surface area contributed by atoms with Crippen molar-refractivity contribution in [3.8, 4) is 17.4 Å². The van der Waals surface area contributed by atoms with Crippen LogP contribution in [0.15, 0.2) is 18.6 Å². The van der Waals surface area contributed by atoms with Crippen molar-refractivity contribution in [2.75, 3.05) is 7.11 Å². The Morgan fingerprint density at radius 2 is 2.05 bits per heavy atom. The first-order chi connectivity index (χ1) is 8.98. The van der Waals surface area contributed by atoms with E-state index in [9.17, 15) is 0 Å². The Bertz CT molecular complexity index is 544. The third-order valence-electron chi connectivity index (χ3n) is 2.53. The maximum atomic E-state index is 5.07. The van der Waals surface area contributed by atoms with Gasteiger partial charge in [0.2, 0.25) is 5.88 Å². The molecule has 0 unspecified atom stereocenters. The van der Waals surface area contributed by atoms with E-state index in [-0.39, 0.29) is 5.54 Å². The van der Waals surface area contributed by atoms with Crippen molar-refractivity contribution in [2.45, 2.75) is 32.9 Å². The lowest BCUT2D eigenvalue weighted by atomic mass is 10.1. The quantitative estimate of drug-likeness (QED) is 0.877. The molecule has 2 aromatic rings. The summed E-state index contributed by atoms with van der Waals surface area (Å²) in [4.78, 5) is 15.7. The summed E-state index contributed by atoms with van der Waals surface area (Å²) in [6.45, 7) is 7.11. The second-order valence-electron chi connectivity index (χ2n) is 5.31. The van der Waals surface area contributed by atoms with Crippen molar-refractivity contribution in [3.05, 3.63) is 24.3 Å². The lowest BCUT2D eigenvalue weighted by Gasteiger charge is -2.19. The highest BCUT2D eigenvalue weighted by molar-refractivity contribution is 5.50. The number of H-pyrrole nitrogens is 1. The Morgan fingerprint density at radius 1 is 1.26 bits per heavy atom. The monoisotopic (exact) mass is 261 g/mol. The van der Waals surface area contributed by atoms with Gasteiger partial charge in [-0.05, 0) is 20.8 Å². The van der Waals surface area contributed by atoms with Crippen LogP contribution in [0.25, 0.3) is 11.5 Å². The molecule has 0 atom stereocenters. The summed E-state index contributed by atoms with van der Waals surface area (Å²) in [5.74, 6) is 1.24. The van der Waals surface area contributed by atoms with Crippen LogP contribution in [0.2, 0.25) is 0 Å². The van der Waals surface area contributed by atoms with Gasteiger partial charge in [0.05, 0.1) is 13.3 Å². The fraction of sp³-hybridized carbons (Fsp3) is 0.462. The zero-order valence-corrected chi connectivity index (χ0v) is 11.7. The minimum Gasteiger partial charge on any atom is -0.481 e. The van der Waals surface area contributed by atoms with Crippen molar-refractivity contribution >= 4 is 0 Å². The highest BCUT2D eigenvalue weighted by Gasteiger charge is 2.11. The molecule has 6 heteroatoms. The van der Waals surface area contributed by atoms with E-state index in [1.807, 2.05) is 6.20 Å². The minimum absolute atomic E-state index is 0.0728. The number of hydrogen-bond acceptors (Lipinski definition) is 5. The van der Waals surface area contributed by atoms with Crippen LogP contribution in [0.5, 0.6) is 5.88 Å². The van der Waals surface area contributed by atoms with Gasteiger partial charge in [-0.3, -0.25) is 0 Å². The molecule has 6 nitrogen and oxygen atoms in total. The normalized spacial score (nSPS) is 11.6. The van der Waals surface area contributed by atoms with Gasteiger partial charge in [-0.1, -0.05) is 0 Å². The Morgan fingerprint density at radius 3 is 2.74 bits per heavy atom. The number of methoxy groups -OCH3 is 1. The van der Waals surface area contributed by atoms with E-state index in [0.717, 1.165) is 12.2 Å². The van der Waals surface area contributed by atoms with Crippen LogP contribution >= 0.6 is 0 Å². The molecule has 2 N–H and O–H groups in total. The fourth-order valence-electron chi connectivity index (χ4n) is 1.52. The third kappa shape index (κ3) is 3.75. The maximum absolute atomic E-state index is 5.07. The number of ether oxygens (including phenoxy) is 1. The zero-order chi connectivity index (χ0) is 13.9. The molecular weight excluding hydrogens is 242 g/mol. The smallest absolute Gasteiger partial charge is 0.216 e. The second-order valence-corrected chi connectivity index (χ2v) is 5.31. The fourth-order valence-corrected chi connectivity index (χ4v) is 1.52. The van der Waals surface area contributed by atoms with Gasteiger partial charge in [0.15, 0.2) is 5.82 Å². The number of hydrogen-bond donors (Lipinski definition) is 2. The number of nitrogens with one attached hydrogen (secondary N) is 2. The molecule has 0 bridgehead atoms. The Labute approximate surface area is 112 Å². The molecule has 0 saturated heterocycles. The van der Waals surface area contributed by atoms with Crippen molar-refractivity contribution in [1.29, 1.82) is 0 Å². The lowest BCUT2D eigenvalue weighted by molar-refractivity contribution is 0.397. The predicted octanol–water partition coefficient (Wildman–Crippen LogP) is 1.76. The number of aromatic nitrogens is 4. The summed E-state index contributed by atoms with van der Waals surface area (Å²) >= 11 is 0. The average molecular weight is 261 g/mol. The largest absolute Gasteiger partial charge is 0.481 e. The number of nitrogens with zero attached hydrogens (tertiary/aromatic N) is 3. The molecular formula is C13H19N5O. The van der Waals surface area contributed by atoms with E-state index in [4.69, 9.17) is 4.74 Å². The maximum Gasteiger partial charge on any atom is 0.216 e. The van der Waals surface area contributed by atoms with Crippen LogP contribution < -0.4 is 10.1 Å². The van der Waals surface area contributed by atoms with Crippen molar-refractivity contribution in [1.82, 2.24) is 25.3 Å². The summed E-state index contributed by atoms with van der Waals surface area (Å²) in [6, 6.07) is 1.75. The summed E-state index contributed by atoms with van der Waals surface area (Å²) in [6.07, 6.45) is 3.27. The average Bonchev–Trinajstić information content (AvgIpc) is 2.84. The molecule has 2 heterocycles. The van der Waals surface area contributed by atoms with Gasteiger partial charge in [-0.2, -0.15) is 0 Å². The summed E-state index contributed by atoms with van der Waals surface area (Å²) in [5, 5.41) is 3.40. The first-order valence-corrected chi connectivity index (χ1v) is 6.13. The van der Waals surface area contributed by atoms with Crippen LogP contribution in [-0.2, 0) is 6.54 Å². The van der Waals surface area contributed by atoms with Crippen molar-refractivity contribution < 1.29 is 4.74 Å². The minimum atomic E-state index is 0.0728. The van der Waals surface area contributed by atoms with E-state index >= 15 is 0 Å². The lowest BCUT2D eigenvalue weighted by Crippen LogP contribution is -2.35. The Kier molecular flexibility index (Phi) is 3.80. The summed E-state index contributed by atoms with van der Waals surface area (Å²) < 4.78 is 5.07. The summed E-state index contributed by atoms with van der Waals surface area (Å²) in [5.41, 5.74) is 1.81. The molecule has 0 aromatic carbocycles. The molecule has 0 radical (unpaired) electrons. The van der Waals surface area contributed by atoms with Gasteiger partial charge in [0, 0.05) is 23.8 Å². The molecule has 2 rings (SSSR count). The molecule has 0 saturated carbocycles. The van der Waals surface area contributed by atoms with E-state index in [0.29, 0.717) is 17.4 Å². The van der Waals surface area contributed by atoms with Crippen LogP contribution in [-0.4, -0.2) is 32.6 Å². The number of rotatable bonds is 4. The van der Waals surface area contributed by atoms with Gasteiger partial charge in [0.1, 0.15) is 12.0 Å². The molecule has 0 fully saturated rings. The van der Waals surface area contributed by atoms with Crippen molar-refractivity contribution in [2.24, 2.45) is 0 Å². The molecule has 0 aliphatic carbocycles. The molecule has 19 heavy (non-hydrogen) atoms.